The summed E-state index contributed by atoms with van der Waals surface area (Å²) in [7, 11) is -2.01. The molecule has 0 amide bonds. The van der Waals surface area contributed by atoms with Crippen LogP contribution in [0.2, 0.25) is 0 Å². The average Bonchev–Trinajstić information content (AvgIpc) is 3.31. The molecule has 5 rings (SSSR count). The monoisotopic (exact) mass is 460 g/mol. The van der Waals surface area contributed by atoms with Crippen molar-refractivity contribution in [1.82, 2.24) is 0 Å². The molecule has 5 nitrogen and oxygen atoms in total. The predicted octanol–water partition coefficient (Wildman–Crippen LogP) is 5.94. The number of hydrogen-bond donors (Lipinski definition) is 2. The maximum Gasteiger partial charge on any atom is 0.261 e. The van der Waals surface area contributed by atoms with E-state index in [4.69, 9.17) is 4.74 Å². The smallest absolute Gasteiger partial charge is 0.261 e. The Bertz CT molecular complexity index is 1350. The van der Waals surface area contributed by atoms with Gasteiger partial charge >= 0.3 is 0 Å². The van der Waals surface area contributed by atoms with Crippen molar-refractivity contribution in [3.8, 4) is 5.75 Å². The molecule has 0 saturated heterocycles. The van der Waals surface area contributed by atoms with Gasteiger partial charge in [-0.05, 0) is 79.3 Å². The second-order valence-corrected chi connectivity index (χ2v) is 10.6. The van der Waals surface area contributed by atoms with Crippen molar-refractivity contribution in [1.29, 1.82) is 0 Å². The SMILES string of the molecule is COc1ccccc1C1Nc2ccc(S(=O)(=O)Nc3ccc(C)c(C)c3)cc2C2C=CCC21. The van der Waals surface area contributed by atoms with E-state index in [1.54, 1.807) is 19.2 Å². The van der Waals surface area contributed by atoms with Crippen molar-refractivity contribution in [2.75, 3.05) is 17.1 Å². The van der Waals surface area contributed by atoms with Crippen molar-refractivity contribution in [3.05, 3.63) is 95.1 Å². The topological polar surface area (TPSA) is 67.4 Å². The summed E-state index contributed by atoms with van der Waals surface area (Å²) in [4.78, 5) is 0.274. The molecule has 3 atom stereocenters. The predicted molar refractivity (Wildman–Crippen MR) is 133 cm³/mol. The van der Waals surface area contributed by atoms with Gasteiger partial charge in [-0.2, -0.15) is 0 Å². The number of anilines is 2. The number of hydrogen-bond acceptors (Lipinski definition) is 4. The van der Waals surface area contributed by atoms with Gasteiger partial charge < -0.3 is 10.1 Å². The van der Waals surface area contributed by atoms with Crippen LogP contribution in [0.15, 0.2) is 77.7 Å². The Balaban J connectivity index is 1.49. The molecule has 2 N–H and O–H groups in total. The highest BCUT2D eigenvalue weighted by Gasteiger charge is 2.39. The van der Waals surface area contributed by atoms with E-state index in [1.165, 1.54) is 0 Å². The van der Waals surface area contributed by atoms with E-state index in [2.05, 4.69) is 28.3 Å². The Morgan fingerprint density at radius 3 is 2.58 bits per heavy atom. The molecule has 1 aliphatic carbocycles. The van der Waals surface area contributed by atoms with Gasteiger partial charge in [0.05, 0.1) is 18.0 Å². The first-order valence-corrected chi connectivity index (χ1v) is 12.7. The van der Waals surface area contributed by atoms with Crippen LogP contribution in [0.4, 0.5) is 11.4 Å². The van der Waals surface area contributed by atoms with Crippen LogP contribution in [0, 0.1) is 19.8 Å². The minimum absolute atomic E-state index is 0.0877. The summed E-state index contributed by atoms with van der Waals surface area (Å²) < 4.78 is 34.7. The van der Waals surface area contributed by atoms with Crippen molar-refractivity contribution < 1.29 is 13.2 Å². The Morgan fingerprint density at radius 2 is 1.79 bits per heavy atom. The van der Waals surface area contributed by atoms with Gasteiger partial charge in [0, 0.05) is 22.9 Å². The van der Waals surface area contributed by atoms with E-state index in [-0.39, 0.29) is 16.9 Å². The number of benzene rings is 3. The van der Waals surface area contributed by atoms with Gasteiger partial charge in [-0.15, -0.1) is 0 Å². The molecule has 0 saturated carbocycles. The number of para-hydroxylation sites is 1. The fourth-order valence-corrected chi connectivity index (χ4v) is 6.07. The molecule has 33 heavy (non-hydrogen) atoms. The minimum Gasteiger partial charge on any atom is -0.496 e. The van der Waals surface area contributed by atoms with Crippen LogP contribution in [0.25, 0.3) is 0 Å². The minimum atomic E-state index is -3.70. The van der Waals surface area contributed by atoms with Crippen LogP contribution in [0.1, 0.15) is 40.6 Å². The molecule has 2 aliphatic rings. The number of rotatable bonds is 5. The van der Waals surface area contributed by atoms with Crippen molar-refractivity contribution in [2.45, 2.75) is 37.1 Å². The lowest BCUT2D eigenvalue weighted by atomic mass is 9.77. The van der Waals surface area contributed by atoms with Crippen molar-refractivity contribution in [2.24, 2.45) is 5.92 Å². The summed E-state index contributed by atoms with van der Waals surface area (Å²) in [6.45, 7) is 3.98. The van der Waals surface area contributed by atoms with Gasteiger partial charge in [-0.25, -0.2) is 8.42 Å². The van der Waals surface area contributed by atoms with Gasteiger partial charge in [0.2, 0.25) is 0 Å². The molecule has 6 heteroatoms. The van der Waals surface area contributed by atoms with Crippen molar-refractivity contribution >= 4 is 21.4 Å². The summed E-state index contributed by atoms with van der Waals surface area (Å²) in [5.74, 6) is 1.30. The lowest BCUT2D eigenvalue weighted by Crippen LogP contribution is -2.29. The van der Waals surface area contributed by atoms with Gasteiger partial charge in [-0.1, -0.05) is 36.4 Å². The summed E-state index contributed by atoms with van der Waals surface area (Å²) >= 11 is 0. The normalized spacial score (nSPS) is 21.1. The lowest BCUT2D eigenvalue weighted by Gasteiger charge is -2.38. The Hall–Kier alpha value is -3.25. The number of nitrogens with one attached hydrogen (secondary N) is 2. The summed E-state index contributed by atoms with van der Waals surface area (Å²) in [6.07, 6.45) is 5.33. The zero-order valence-corrected chi connectivity index (χ0v) is 19.8. The molecule has 3 aromatic carbocycles. The second kappa shape index (κ2) is 8.27. The van der Waals surface area contributed by atoms with E-state index in [0.29, 0.717) is 11.6 Å². The van der Waals surface area contributed by atoms with Gasteiger partial charge in [-0.3, -0.25) is 4.72 Å². The number of aryl methyl sites for hydroxylation is 2. The Labute approximate surface area is 195 Å². The van der Waals surface area contributed by atoms with E-state index in [1.807, 2.05) is 56.3 Å². The molecule has 170 valence electrons. The standard InChI is InChI=1S/C27H28N2O3S/c1-17-11-12-19(15-18(17)2)29-33(30,31)20-13-14-25-24(16-20)21-8-6-9-22(21)27(28-25)23-7-4-5-10-26(23)32-3/h4-8,10-16,21-22,27-29H,9H2,1-3H3. The van der Waals surface area contributed by atoms with Crippen LogP contribution in [-0.2, 0) is 10.0 Å². The highest BCUT2D eigenvalue weighted by molar-refractivity contribution is 7.92. The molecule has 0 spiro atoms. The first-order chi connectivity index (χ1) is 15.9. The number of ether oxygens (including phenoxy) is 1. The van der Waals surface area contributed by atoms with E-state index in [0.717, 1.165) is 40.1 Å². The third-order valence-electron chi connectivity index (χ3n) is 6.88. The molecule has 0 aromatic heterocycles. The van der Waals surface area contributed by atoms with Gasteiger partial charge in [0.1, 0.15) is 5.75 Å². The zero-order valence-electron chi connectivity index (χ0n) is 19.0. The molecule has 3 aromatic rings. The van der Waals surface area contributed by atoms with Gasteiger partial charge in [0.15, 0.2) is 0 Å². The summed E-state index contributed by atoms with van der Waals surface area (Å²) in [5.41, 5.74) is 5.85. The summed E-state index contributed by atoms with van der Waals surface area (Å²) in [6, 6.07) is 19.1. The third kappa shape index (κ3) is 3.89. The highest BCUT2D eigenvalue weighted by atomic mass is 32.2. The quantitative estimate of drug-likeness (QED) is 0.463. The van der Waals surface area contributed by atoms with E-state index < -0.39 is 10.0 Å². The van der Waals surface area contributed by atoms with Crippen molar-refractivity contribution in [3.63, 3.8) is 0 Å². The van der Waals surface area contributed by atoms with Gasteiger partial charge in [0.25, 0.3) is 10.0 Å². The molecule has 1 aliphatic heterocycles. The zero-order chi connectivity index (χ0) is 23.2. The van der Waals surface area contributed by atoms with Crippen LogP contribution in [-0.4, -0.2) is 15.5 Å². The number of allylic oxidation sites excluding steroid dienone is 2. The Kier molecular flexibility index (Phi) is 5.41. The van der Waals surface area contributed by atoms with E-state index in [9.17, 15) is 8.42 Å². The maximum absolute atomic E-state index is 13.2. The fraction of sp³-hybridized carbons (Fsp3) is 0.259. The maximum atomic E-state index is 13.2. The van der Waals surface area contributed by atoms with Crippen LogP contribution < -0.4 is 14.8 Å². The summed E-state index contributed by atoms with van der Waals surface area (Å²) in [5, 5.41) is 3.67. The second-order valence-electron chi connectivity index (χ2n) is 8.87. The number of fused-ring (bicyclic) bond motifs is 3. The fourth-order valence-electron chi connectivity index (χ4n) is 4.99. The first kappa shape index (κ1) is 21.6. The number of sulfonamides is 1. The molecule has 0 bridgehead atoms. The molecule has 0 radical (unpaired) electrons. The van der Waals surface area contributed by atoms with Crippen LogP contribution >= 0.6 is 0 Å². The van der Waals surface area contributed by atoms with E-state index >= 15 is 0 Å². The lowest BCUT2D eigenvalue weighted by molar-refractivity contribution is 0.381. The molecular weight excluding hydrogens is 432 g/mol. The third-order valence-corrected chi connectivity index (χ3v) is 8.26. The number of methoxy groups -OCH3 is 1. The molecular formula is C27H28N2O3S. The molecule has 3 unspecified atom stereocenters. The average molecular weight is 461 g/mol. The Morgan fingerprint density at radius 1 is 0.970 bits per heavy atom. The molecule has 1 heterocycles. The van der Waals surface area contributed by atoms with Crippen LogP contribution in [0.5, 0.6) is 5.75 Å². The highest BCUT2D eigenvalue weighted by Crippen LogP contribution is 2.51. The molecule has 0 fully saturated rings. The first-order valence-electron chi connectivity index (χ1n) is 11.2. The van der Waals surface area contributed by atoms with Crippen LogP contribution in [0.3, 0.4) is 0 Å². The largest absolute Gasteiger partial charge is 0.496 e.